The molecule has 0 aliphatic carbocycles. The highest BCUT2D eigenvalue weighted by molar-refractivity contribution is 5.92. The molecule has 4 aromatic rings. The molecule has 156 valence electrons. The summed E-state index contributed by atoms with van der Waals surface area (Å²) in [4.78, 5) is 6.19. The van der Waals surface area contributed by atoms with Crippen LogP contribution in [0.3, 0.4) is 0 Å². The first-order valence-electron chi connectivity index (χ1n) is 10.9. The van der Waals surface area contributed by atoms with Crippen LogP contribution >= 0.6 is 0 Å². The van der Waals surface area contributed by atoms with Gasteiger partial charge in [-0.25, -0.2) is 0 Å². The zero-order valence-corrected chi connectivity index (χ0v) is 18.0. The number of aryl methyl sites for hydroxylation is 1. The Bertz CT molecular complexity index is 1130. The van der Waals surface area contributed by atoms with Crippen LogP contribution in [0.15, 0.2) is 42.9 Å². The van der Waals surface area contributed by atoms with Crippen LogP contribution in [0.25, 0.3) is 22.2 Å². The SMILES string of the molecule is CC(C)c1c(-c2ccn(C)c2)[nH]c2ccc(C3CCN(Cc4cnn[nH]4)CC3)cc12. The van der Waals surface area contributed by atoms with Crippen molar-refractivity contribution in [2.45, 2.75) is 45.1 Å². The van der Waals surface area contributed by atoms with Gasteiger partial charge >= 0.3 is 0 Å². The molecular weight excluding hydrogens is 372 g/mol. The maximum Gasteiger partial charge on any atom is 0.0735 e. The van der Waals surface area contributed by atoms with Crippen molar-refractivity contribution >= 4 is 10.9 Å². The molecule has 2 N–H and O–H groups in total. The van der Waals surface area contributed by atoms with Gasteiger partial charge in [0.1, 0.15) is 0 Å². The summed E-state index contributed by atoms with van der Waals surface area (Å²) in [5.41, 5.74) is 7.78. The summed E-state index contributed by atoms with van der Waals surface area (Å²) in [6, 6.07) is 9.26. The number of benzene rings is 1. The molecule has 4 heterocycles. The Hall–Kier alpha value is -2.86. The van der Waals surface area contributed by atoms with Crippen LogP contribution in [0.2, 0.25) is 0 Å². The molecule has 0 spiro atoms. The first-order valence-corrected chi connectivity index (χ1v) is 10.9. The number of H-pyrrole nitrogens is 2. The lowest BCUT2D eigenvalue weighted by Gasteiger charge is -2.31. The molecule has 1 fully saturated rings. The molecule has 0 unspecified atom stereocenters. The van der Waals surface area contributed by atoms with Crippen LogP contribution in [-0.2, 0) is 13.6 Å². The van der Waals surface area contributed by atoms with E-state index in [4.69, 9.17) is 0 Å². The lowest BCUT2D eigenvalue weighted by atomic mass is 9.87. The third-order valence-electron chi connectivity index (χ3n) is 6.48. The Kier molecular flexibility index (Phi) is 4.95. The molecule has 0 atom stereocenters. The Morgan fingerprint density at radius 3 is 2.67 bits per heavy atom. The number of nitrogens with zero attached hydrogens (tertiary/aromatic N) is 4. The van der Waals surface area contributed by atoms with Gasteiger partial charge in [0.05, 0.1) is 17.6 Å². The Morgan fingerprint density at radius 1 is 1.17 bits per heavy atom. The monoisotopic (exact) mass is 402 g/mol. The van der Waals surface area contributed by atoms with E-state index < -0.39 is 0 Å². The van der Waals surface area contributed by atoms with Crippen LogP contribution in [-0.4, -0.2) is 43.0 Å². The van der Waals surface area contributed by atoms with E-state index in [9.17, 15) is 0 Å². The molecule has 0 amide bonds. The lowest BCUT2D eigenvalue weighted by molar-refractivity contribution is 0.202. The zero-order valence-electron chi connectivity index (χ0n) is 18.0. The van der Waals surface area contributed by atoms with Gasteiger partial charge < -0.3 is 9.55 Å². The van der Waals surface area contributed by atoms with E-state index in [2.05, 4.69) is 87.4 Å². The maximum absolute atomic E-state index is 3.89. The Labute approximate surface area is 177 Å². The number of nitrogens with one attached hydrogen (secondary N) is 2. The predicted octanol–water partition coefficient (Wildman–Crippen LogP) is 4.79. The standard InChI is InChI=1S/C24H30N6/c1-16(2)23-21-12-18(4-5-22(21)26-24(23)19-6-9-29(3)14-19)17-7-10-30(11-8-17)15-20-13-25-28-27-20/h4-6,9,12-14,16-17,26H,7-8,10-11,15H2,1-3H3,(H,25,27,28). The second-order valence-corrected chi connectivity index (χ2v) is 8.97. The first-order chi connectivity index (χ1) is 14.6. The average Bonchev–Trinajstić information content (AvgIpc) is 3.47. The molecule has 1 aliphatic heterocycles. The van der Waals surface area contributed by atoms with Crippen molar-refractivity contribution in [2.24, 2.45) is 7.05 Å². The fourth-order valence-electron chi connectivity index (χ4n) is 4.92. The van der Waals surface area contributed by atoms with Gasteiger partial charge in [-0.2, -0.15) is 0 Å². The number of piperidine rings is 1. The molecule has 1 saturated heterocycles. The molecule has 0 saturated carbocycles. The Balaban J connectivity index is 1.40. The number of aromatic nitrogens is 5. The second-order valence-electron chi connectivity index (χ2n) is 8.97. The number of rotatable bonds is 5. The third-order valence-corrected chi connectivity index (χ3v) is 6.48. The van der Waals surface area contributed by atoms with E-state index in [1.807, 2.05) is 6.20 Å². The first kappa shape index (κ1) is 19.1. The second kappa shape index (κ2) is 7.76. The summed E-state index contributed by atoms with van der Waals surface area (Å²) >= 11 is 0. The van der Waals surface area contributed by atoms with Gasteiger partial charge in [-0.05, 0) is 67.1 Å². The van der Waals surface area contributed by atoms with Crippen molar-refractivity contribution in [2.75, 3.05) is 13.1 Å². The molecule has 6 heteroatoms. The van der Waals surface area contributed by atoms with Gasteiger partial charge in [-0.15, -0.1) is 5.10 Å². The summed E-state index contributed by atoms with van der Waals surface area (Å²) in [7, 11) is 2.08. The van der Waals surface area contributed by atoms with E-state index in [1.54, 1.807) is 0 Å². The van der Waals surface area contributed by atoms with Gasteiger partial charge in [0.2, 0.25) is 0 Å². The lowest BCUT2D eigenvalue weighted by Crippen LogP contribution is -2.32. The summed E-state index contributed by atoms with van der Waals surface area (Å²) in [6.07, 6.45) is 8.52. The highest BCUT2D eigenvalue weighted by atomic mass is 15.3. The van der Waals surface area contributed by atoms with E-state index in [1.165, 1.54) is 46.1 Å². The van der Waals surface area contributed by atoms with Crippen molar-refractivity contribution in [1.29, 1.82) is 0 Å². The maximum atomic E-state index is 3.89. The average molecular weight is 403 g/mol. The van der Waals surface area contributed by atoms with Crippen LogP contribution in [0.1, 0.15) is 55.3 Å². The molecule has 5 rings (SSSR count). The van der Waals surface area contributed by atoms with Gasteiger partial charge in [0.25, 0.3) is 0 Å². The molecule has 1 aromatic carbocycles. The van der Waals surface area contributed by atoms with E-state index in [-0.39, 0.29) is 0 Å². The highest BCUT2D eigenvalue weighted by Crippen LogP contribution is 2.38. The van der Waals surface area contributed by atoms with E-state index in [0.29, 0.717) is 11.8 Å². The number of hydrogen-bond acceptors (Lipinski definition) is 3. The summed E-state index contributed by atoms with van der Waals surface area (Å²) in [5, 5.41) is 12.1. The minimum absolute atomic E-state index is 0.467. The minimum atomic E-state index is 0.467. The van der Waals surface area contributed by atoms with Crippen LogP contribution in [0.4, 0.5) is 0 Å². The van der Waals surface area contributed by atoms with Crippen LogP contribution in [0, 0.1) is 0 Å². The summed E-state index contributed by atoms with van der Waals surface area (Å²) in [5.74, 6) is 1.09. The topological polar surface area (TPSA) is 65.5 Å². The Morgan fingerprint density at radius 2 is 2.00 bits per heavy atom. The van der Waals surface area contributed by atoms with E-state index in [0.717, 1.165) is 25.3 Å². The normalized spacial score (nSPS) is 16.1. The van der Waals surface area contributed by atoms with Crippen molar-refractivity contribution in [3.63, 3.8) is 0 Å². The van der Waals surface area contributed by atoms with Crippen molar-refractivity contribution in [3.05, 3.63) is 59.7 Å². The van der Waals surface area contributed by atoms with Crippen molar-refractivity contribution < 1.29 is 0 Å². The van der Waals surface area contributed by atoms with Gasteiger partial charge in [-0.1, -0.05) is 25.1 Å². The molecule has 3 aromatic heterocycles. The number of aromatic amines is 2. The predicted molar refractivity (Wildman–Crippen MR) is 120 cm³/mol. The smallest absolute Gasteiger partial charge is 0.0735 e. The third kappa shape index (κ3) is 3.56. The minimum Gasteiger partial charge on any atom is -0.357 e. The molecule has 6 nitrogen and oxygen atoms in total. The fourth-order valence-corrected chi connectivity index (χ4v) is 4.92. The molecule has 1 aliphatic rings. The molecule has 30 heavy (non-hydrogen) atoms. The number of likely N-dealkylation sites (tertiary alicyclic amines) is 1. The van der Waals surface area contributed by atoms with Gasteiger partial charge in [0, 0.05) is 42.5 Å². The summed E-state index contributed by atoms with van der Waals surface area (Å²) in [6.45, 7) is 7.73. The van der Waals surface area contributed by atoms with Crippen molar-refractivity contribution in [1.82, 2.24) is 29.9 Å². The zero-order chi connectivity index (χ0) is 20.7. The fraction of sp³-hybridized carbons (Fsp3) is 0.417. The summed E-state index contributed by atoms with van der Waals surface area (Å²) < 4.78 is 2.11. The van der Waals surface area contributed by atoms with Gasteiger partial charge in [-0.3, -0.25) is 10.00 Å². The number of fused-ring (bicyclic) bond motifs is 1. The van der Waals surface area contributed by atoms with Crippen molar-refractivity contribution in [3.8, 4) is 11.3 Å². The molecule has 0 bridgehead atoms. The largest absolute Gasteiger partial charge is 0.357 e. The van der Waals surface area contributed by atoms with Crippen LogP contribution in [0.5, 0.6) is 0 Å². The molecule has 0 radical (unpaired) electrons. The molecular formula is C24H30N6. The van der Waals surface area contributed by atoms with Gasteiger partial charge in [0.15, 0.2) is 0 Å². The number of hydrogen-bond donors (Lipinski definition) is 2. The highest BCUT2D eigenvalue weighted by Gasteiger charge is 2.23. The quantitative estimate of drug-likeness (QED) is 0.504. The van der Waals surface area contributed by atoms with E-state index >= 15 is 0 Å². The van der Waals surface area contributed by atoms with Crippen LogP contribution < -0.4 is 0 Å².